The first-order chi connectivity index (χ1) is 12.7. The highest BCUT2D eigenvalue weighted by molar-refractivity contribution is 5.96. The fourth-order valence-corrected chi connectivity index (χ4v) is 2.39. The van der Waals surface area contributed by atoms with E-state index in [4.69, 9.17) is 0 Å². The molecule has 0 saturated carbocycles. The maximum absolute atomic E-state index is 12.2. The van der Waals surface area contributed by atoms with Gasteiger partial charge in [-0.05, 0) is 44.5 Å². The van der Waals surface area contributed by atoms with Gasteiger partial charge in [-0.25, -0.2) is 0 Å². The summed E-state index contributed by atoms with van der Waals surface area (Å²) >= 11 is 0. The van der Waals surface area contributed by atoms with E-state index in [2.05, 4.69) is 10.6 Å². The van der Waals surface area contributed by atoms with Crippen molar-refractivity contribution in [1.29, 1.82) is 0 Å². The van der Waals surface area contributed by atoms with E-state index >= 15 is 0 Å². The maximum atomic E-state index is 12.2. The van der Waals surface area contributed by atoms with Crippen LogP contribution in [0, 0.1) is 10.1 Å². The first kappa shape index (κ1) is 20.1. The van der Waals surface area contributed by atoms with E-state index in [9.17, 15) is 19.7 Å². The van der Waals surface area contributed by atoms with Crippen molar-refractivity contribution in [1.82, 2.24) is 5.32 Å². The number of hydrogen-bond donors (Lipinski definition) is 2. The second-order valence-corrected chi connectivity index (χ2v) is 6.88. The number of nitro benzene ring substituents is 1. The minimum Gasteiger partial charge on any atom is -0.347 e. The Hall–Kier alpha value is -3.22. The van der Waals surface area contributed by atoms with Gasteiger partial charge in [-0.15, -0.1) is 0 Å². The van der Waals surface area contributed by atoms with Crippen LogP contribution in [-0.4, -0.2) is 22.3 Å². The van der Waals surface area contributed by atoms with Crippen molar-refractivity contribution in [3.63, 3.8) is 0 Å². The number of nitro groups is 1. The molecule has 0 heterocycles. The molecule has 0 fully saturated rings. The molecule has 0 saturated heterocycles. The van der Waals surface area contributed by atoms with Crippen LogP contribution < -0.4 is 10.6 Å². The summed E-state index contributed by atoms with van der Waals surface area (Å²) in [5.74, 6) is -0.548. The second-order valence-electron chi connectivity index (χ2n) is 6.88. The molecule has 0 spiro atoms. The zero-order valence-electron chi connectivity index (χ0n) is 15.6. The van der Waals surface area contributed by atoms with Crippen LogP contribution in [0.15, 0.2) is 48.5 Å². The standard InChI is InChI=1S/C20H23N3O4/c1-4-20(2,3)22-19(25)14-9-11-16(12-10-14)21-18(24)13-15-7-5-6-8-17(15)23(26)27/h5-12H,4,13H2,1-3H3,(H,21,24)(H,22,25). The van der Waals surface area contributed by atoms with Gasteiger partial charge >= 0.3 is 0 Å². The summed E-state index contributed by atoms with van der Waals surface area (Å²) in [7, 11) is 0. The van der Waals surface area contributed by atoms with E-state index in [1.165, 1.54) is 6.07 Å². The number of hydrogen-bond acceptors (Lipinski definition) is 4. The molecule has 0 aromatic heterocycles. The molecule has 0 atom stereocenters. The third-order valence-electron chi connectivity index (χ3n) is 4.31. The van der Waals surface area contributed by atoms with Gasteiger partial charge in [-0.2, -0.15) is 0 Å². The first-order valence-corrected chi connectivity index (χ1v) is 8.66. The lowest BCUT2D eigenvalue weighted by Crippen LogP contribution is -2.42. The third kappa shape index (κ3) is 5.64. The van der Waals surface area contributed by atoms with Crippen LogP contribution >= 0.6 is 0 Å². The van der Waals surface area contributed by atoms with Crippen molar-refractivity contribution in [2.24, 2.45) is 0 Å². The average molecular weight is 369 g/mol. The summed E-state index contributed by atoms with van der Waals surface area (Å²) in [6, 6.07) is 12.7. The van der Waals surface area contributed by atoms with E-state index in [0.717, 1.165) is 6.42 Å². The van der Waals surface area contributed by atoms with Crippen molar-refractivity contribution in [3.8, 4) is 0 Å². The average Bonchev–Trinajstić information content (AvgIpc) is 2.62. The maximum Gasteiger partial charge on any atom is 0.273 e. The number of nitrogens with zero attached hydrogens (tertiary/aromatic N) is 1. The molecule has 0 unspecified atom stereocenters. The lowest BCUT2D eigenvalue weighted by molar-refractivity contribution is -0.385. The van der Waals surface area contributed by atoms with Crippen molar-refractivity contribution >= 4 is 23.2 Å². The Bertz CT molecular complexity index is 845. The van der Waals surface area contributed by atoms with Crippen LogP contribution in [0.1, 0.15) is 43.1 Å². The number of carbonyl (C=O) groups is 2. The predicted octanol–water partition coefficient (Wildman–Crippen LogP) is 3.69. The van der Waals surface area contributed by atoms with E-state index in [1.807, 2.05) is 20.8 Å². The molecule has 142 valence electrons. The summed E-state index contributed by atoms with van der Waals surface area (Å²) < 4.78 is 0. The second kappa shape index (κ2) is 8.44. The highest BCUT2D eigenvalue weighted by atomic mass is 16.6. The minimum atomic E-state index is -0.506. The van der Waals surface area contributed by atoms with Crippen LogP contribution in [0.3, 0.4) is 0 Å². The SMILES string of the molecule is CCC(C)(C)NC(=O)c1ccc(NC(=O)Cc2ccccc2[N+](=O)[O-])cc1. The number of benzene rings is 2. The van der Waals surface area contributed by atoms with Crippen LogP contribution in [-0.2, 0) is 11.2 Å². The van der Waals surface area contributed by atoms with Crippen molar-refractivity contribution in [2.45, 2.75) is 39.2 Å². The Kier molecular flexibility index (Phi) is 6.28. The first-order valence-electron chi connectivity index (χ1n) is 8.66. The minimum absolute atomic E-state index is 0.0850. The summed E-state index contributed by atoms with van der Waals surface area (Å²) in [6.07, 6.45) is 0.697. The molecule has 2 aromatic rings. The van der Waals surface area contributed by atoms with Gasteiger partial charge in [0.1, 0.15) is 0 Å². The number of anilines is 1. The number of amides is 2. The smallest absolute Gasteiger partial charge is 0.273 e. The van der Waals surface area contributed by atoms with Crippen molar-refractivity contribution in [3.05, 3.63) is 69.8 Å². The Labute approximate surface area is 157 Å². The molecule has 0 aliphatic heterocycles. The number of nitrogens with one attached hydrogen (secondary N) is 2. The number of rotatable bonds is 7. The Balaban J connectivity index is 2.01. The Morgan fingerprint density at radius 2 is 1.70 bits per heavy atom. The molecular weight excluding hydrogens is 346 g/mol. The molecule has 0 aliphatic carbocycles. The lowest BCUT2D eigenvalue weighted by Gasteiger charge is -2.24. The Morgan fingerprint density at radius 1 is 1.07 bits per heavy atom. The van der Waals surface area contributed by atoms with E-state index in [-0.39, 0.29) is 29.5 Å². The van der Waals surface area contributed by atoms with Crippen molar-refractivity contribution in [2.75, 3.05) is 5.32 Å². The molecule has 0 radical (unpaired) electrons. The molecule has 0 aliphatic rings. The lowest BCUT2D eigenvalue weighted by atomic mass is 10.0. The molecule has 7 nitrogen and oxygen atoms in total. The van der Waals surface area contributed by atoms with Gasteiger partial charge in [0, 0.05) is 28.4 Å². The number of carbonyl (C=O) groups excluding carboxylic acids is 2. The van der Waals surface area contributed by atoms with Crippen LogP contribution in [0.25, 0.3) is 0 Å². The van der Waals surface area contributed by atoms with Crippen LogP contribution in [0.2, 0.25) is 0 Å². The monoisotopic (exact) mass is 369 g/mol. The zero-order chi connectivity index (χ0) is 20.0. The van der Waals surface area contributed by atoms with E-state index < -0.39 is 4.92 Å². The third-order valence-corrected chi connectivity index (χ3v) is 4.31. The summed E-state index contributed by atoms with van der Waals surface area (Å²) in [6.45, 7) is 5.89. The molecule has 0 bridgehead atoms. The fraction of sp³-hybridized carbons (Fsp3) is 0.300. The summed E-state index contributed by atoms with van der Waals surface area (Å²) in [5.41, 5.74) is 0.975. The quantitative estimate of drug-likeness (QED) is 0.574. The summed E-state index contributed by atoms with van der Waals surface area (Å²) in [5, 5.41) is 16.7. The van der Waals surface area contributed by atoms with Gasteiger partial charge in [-0.1, -0.05) is 25.1 Å². The van der Waals surface area contributed by atoms with Crippen LogP contribution in [0.5, 0.6) is 0 Å². The van der Waals surface area contributed by atoms with Crippen LogP contribution in [0.4, 0.5) is 11.4 Å². The van der Waals surface area contributed by atoms with Gasteiger partial charge in [0.05, 0.1) is 11.3 Å². The molecule has 7 heteroatoms. The molecule has 27 heavy (non-hydrogen) atoms. The zero-order valence-corrected chi connectivity index (χ0v) is 15.6. The molecule has 2 N–H and O–H groups in total. The van der Waals surface area contributed by atoms with E-state index in [0.29, 0.717) is 16.8 Å². The highest BCUT2D eigenvalue weighted by Gasteiger charge is 2.19. The molecular formula is C20H23N3O4. The number of para-hydroxylation sites is 1. The summed E-state index contributed by atoms with van der Waals surface area (Å²) in [4.78, 5) is 34.9. The van der Waals surface area contributed by atoms with Gasteiger partial charge in [0.25, 0.3) is 11.6 Å². The largest absolute Gasteiger partial charge is 0.347 e. The van der Waals surface area contributed by atoms with Gasteiger partial charge < -0.3 is 10.6 Å². The highest BCUT2D eigenvalue weighted by Crippen LogP contribution is 2.19. The normalized spacial score (nSPS) is 10.9. The fourth-order valence-electron chi connectivity index (χ4n) is 2.39. The Morgan fingerprint density at radius 3 is 2.30 bits per heavy atom. The van der Waals surface area contributed by atoms with E-state index in [1.54, 1.807) is 42.5 Å². The topological polar surface area (TPSA) is 101 Å². The van der Waals surface area contributed by atoms with Gasteiger partial charge in [0.2, 0.25) is 5.91 Å². The molecule has 2 aromatic carbocycles. The predicted molar refractivity (Wildman–Crippen MR) is 104 cm³/mol. The van der Waals surface area contributed by atoms with Gasteiger partial charge in [-0.3, -0.25) is 19.7 Å². The van der Waals surface area contributed by atoms with Crippen molar-refractivity contribution < 1.29 is 14.5 Å². The van der Waals surface area contributed by atoms with Gasteiger partial charge in [0.15, 0.2) is 0 Å². The molecule has 2 rings (SSSR count). The molecule has 2 amide bonds.